The van der Waals surface area contributed by atoms with Crippen molar-refractivity contribution in [2.45, 2.75) is 30.1 Å². The van der Waals surface area contributed by atoms with Gasteiger partial charge in [0.15, 0.2) is 0 Å². The van der Waals surface area contributed by atoms with Crippen LogP contribution in [0.2, 0.25) is 0 Å². The van der Waals surface area contributed by atoms with Crippen molar-refractivity contribution in [2.24, 2.45) is 0 Å². The largest absolute Gasteiger partial charge is 0.497 e. The number of nitrogens with two attached hydrogens (primary N) is 1. The number of benzene rings is 2. The monoisotopic (exact) mass is 597 g/mol. The highest BCUT2D eigenvalue weighted by Crippen LogP contribution is 2.29. The third kappa shape index (κ3) is 6.40. The molecule has 1 aliphatic rings. The molecule has 1 aliphatic heterocycles. The van der Waals surface area contributed by atoms with Gasteiger partial charge in [-0.05, 0) is 47.5 Å². The highest BCUT2D eigenvalue weighted by atomic mass is 32.2. The first-order chi connectivity index (χ1) is 18.8. The van der Waals surface area contributed by atoms with E-state index in [4.69, 9.17) is 20.4 Å². The zero-order valence-electron chi connectivity index (χ0n) is 20.7. The van der Waals surface area contributed by atoms with E-state index < -0.39 is 28.2 Å². The number of sulfonamides is 1. The molecule has 2 aromatic carbocycles. The van der Waals surface area contributed by atoms with Crippen molar-refractivity contribution >= 4 is 60.0 Å². The predicted octanol–water partition coefficient (Wildman–Crippen LogP) is 3.15. The summed E-state index contributed by atoms with van der Waals surface area (Å²) >= 11 is 1.44. The molecule has 0 unspecified atom stereocenters. The van der Waals surface area contributed by atoms with E-state index in [0.29, 0.717) is 31.1 Å². The Morgan fingerprint density at radius 2 is 1.90 bits per heavy atom. The molecular weight excluding hydrogens is 575 g/mol. The fourth-order valence-corrected chi connectivity index (χ4v) is 6.22. The van der Waals surface area contributed by atoms with Gasteiger partial charge >= 0.3 is 12.1 Å². The Morgan fingerprint density at radius 3 is 2.55 bits per heavy atom. The van der Waals surface area contributed by atoms with Crippen LogP contribution in [0.4, 0.5) is 19.0 Å². The van der Waals surface area contributed by atoms with Crippen LogP contribution in [-0.2, 0) is 26.2 Å². The number of fused-ring (bicyclic) bond motifs is 2. The molecule has 0 saturated carbocycles. The molecule has 0 aliphatic carbocycles. The molecule has 4 N–H and O–H groups in total. The molecule has 1 fully saturated rings. The van der Waals surface area contributed by atoms with E-state index in [9.17, 15) is 26.4 Å². The van der Waals surface area contributed by atoms with Crippen LogP contribution in [0.1, 0.15) is 11.3 Å². The average Bonchev–Trinajstić information content (AvgIpc) is 3.47. The van der Waals surface area contributed by atoms with Crippen molar-refractivity contribution in [2.75, 3.05) is 19.4 Å². The number of rotatable bonds is 6. The molecule has 16 heteroatoms. The molecular formula is C24H22F3N5O6S2. The quantitative estimate of drug-likeness (QED) is 0.303. The van der Waals surface area contributed by atoms with Crippen LogP contribution in [0, 0.1) is 0 Å². The molecule has 3 heterocycles. The number of amides is 1. The van der Waals surface area contributed by atoms with Gasteiger partial charge in [0.2, 0.25) is 15.9 Å². The molecule has 0 spiro atoms. The molecule has 40 heavy (non-hydrogen) atoms. The van der Waals surface area contributed by atoms with Crippen LogP contribution in [0.25, 0.3) is 21.0 Å². The smallest absolute Gasteiger partial charge is 0.490 e. The number of nitrogens with one attached hydrogen (secondary N) is 1. The Morgan fingerprint density at radius 1 is 1.20 bits per heavy atom. The second-order valence-electron chi connectivity index (χ2n) is 8.59. The van der Waals surface area contributed by atoms with Crippen LogP contribution >= 0.6 is 11.3 Å². The Bertz CT molecular complexity index is 1690. The van der Waals surface area contributed by atoms with Crippen LogP contribution in [0.5, 0.6) is 5.75 Å². The number of hydrogen-bond acceptors (Lipinski definition) is 9. The van der Waals surface area contributed by atoms with E-state index in [0.717, 1.165) is 25.9 Å². The Hall–Kier alpha value is -4.02. The number of thiophene rings is 1. The standard InChI is InChI=1S/C22H21N5O4S2.C2HF3O2/c1-31-15-4-2-13-3-5-17(9-14(13)8-15)33(29,30)26-19-6-7-27(22(19)28)11-16-10-18-20(23)24-12-25-21(18)32-16;3-2(4,5)1(6)7/h2-5,8-10,12,19,26H,6-7,11H2,1H3,(H2,23,24,25);(H,6,7)/t19-;/m0./s1. The molecule has 1 atom stereocenters. The second-order valence-corrected chi connectivity index (χ2v) is 11.4. The number of carboxylic acids is 1. The van der Waals surface area contributed by atoms with Gasteiger partial charge in [0.25, 0.3) is 0 Å². The molecule has 0 radical (unpaired) electrons. The maximum Gasteiger partial charge on any atom is 0.490 e. The highest BCUT2D eigenvalue weighted by molar-refractivity contribution is 7.89. The normalized spacial score (nSPS) is 15.8. The first-order valence-electron chi connectivity index (χ1n) is 11.5. The van der Waals surface area contributed by atoms with Crippen molar-refractivity contribution in [3.05, 3.63) is 53.7 Å². The first kappa shape index (κ1) is 29.0. The van der Waals surface area contributed by atoms with Gasteiger partial charge in [0.1, 0.15) is 28.8 Å². The highest BCUT2D eigenvalue weighted by Gasteiger charge is 2.38. The van der Waals surface area contributed by atoms with Crippen molar-refractivity contribution in [1.29, 1.82) is 0 Å². The van der Waals surface area contributed by atoms with Gasteiger partial charge in [-0.25, -0.2) is 23.2 Å². The minimum absolute atomic E-state index is 0.105. The number of aliphatic carboxylic acids is 1. The molecule has 4 aromatic rings. The number of nitrogens with zero attached hydrogens (tertiary/aromatic N) is 3. The number of carbonyl (C=O) groups excluding carboxylic acids is 1. The van der Waals surface area contributed by atoms with Gasteiger partial charge in [0, 0.05) is 11.4 Å². The summed E-state index contributed by atoms with van der Waals surface area (Å²) in [6, 6.07) is 11.4. The van der Waals surface area contributed by atoms with Crippen LogP contribution in [-0.4, -0.2) is 66.1 Å². The summed E-state index contributed by atoms with van der Waals surface area (Å²) in [4.78, 5) is 33.4. The summed E-state index contributed by atoms with van der Waals surface area (Å²) in [7, 11) is -2.32. The molecule has 1 saturated heterocycles. The van der Waals surface area contributed by atoms with Crippen LogP contribution < -0.4 is 15.2 Å². The Kier molecular flexibility index (Phi) is 8.13. The molecule has 5 rings (SSSR count). The first-order valence-corrected chi connectivity index (χ1v) is 13.8. The summed E-state index contributed by atoms with van der Waals surface area (Å²) in [5.41, 5.74) is 5.89. The Balaban J connectivity index is 0.000000470. The van der Waals surface area contributed by atoms with E-state index in [1.165, 1.54) is 23.7 Å². The second kappa shape index (κ2) is 11.2. The molecule has 2 aromatic heterocycles. The number of methoxy groups -OCH3 is 1. The van der Waals surface area contributed by atoms with Gasteiger partial charge in [-0.15, -0.1) is 11.3 Å². The third-order valence-electron chi connectivity index (χ3n) is 5.92. The van der Waals surface area contributed by atoms with Gasteiger partial charge < -0.3 is 20.5 Å². The summed E-state index contributed by atoms with van der Waals surface area (Å²) in [6.07, 6.45) is -3.28. The number of carboxylic acid groups (broad SMARTS) is 1. The lowest BCUT2D eigenvalue weighted by molar-refractivity contribution is -0.192. The summed E-state index contributed by atoms with van der Waals surface area (Å²) in [6.45, 7) is 0.823. The Labute approximate surface area is 229 Å². The number of aromatic nitrogens is 2. The third-order valence-corrected chi connectivity index (χ3v) is 8.42. The van der Waals surface area contributed by atoms with Gasteiger partial charge in [-0.2, -0.15) is 17.9 Å². The van der Waals surface area contributed by atoms with Gasteiger partial charge in [0.05, 0.1) is 23.9 Å². The maximum atomic E-state index is 13.0. The van der Waals surface area contributed by atoms with Crippen molar-refractivity contribution in [3.8, 4) is 5.75 Å². The van der Waals surface area contributed by atoms with Crippen LogP contribution in [0.3, 0.4) is 0 Å². The summed E-state index contributed by atoms with van der Waals surface area (Å²) in [5, 5.41) is 9.52. The lowest BCUT2D eigenvalue weighted by atomic mass is 10.1. The average molecular weight is 598 g/mol. The SMILES string of the molecule is COc1ccc2ccc(S(=O)(=O)N[C@H]3CCN(Cc4cc5c(N)ncnc5s4)C3=O)cc2c1.O=C(O)C(F)(F)F. The number of anilines is 1. The number of likely N-dealkylation sites (tertiary alicyclic amines) is 1. The number of hydrogen-bond donors (Lipinski definition) is 3. The van der Waals surface area contributed by atoms with Gasteiger partial charge in [-0.3, -0.25) is 4.79 Å². The van der Waals surface area contributed by atoms with Gasteiger partial charge in [-0.1, -0.05) is 12.1 Å². The number of ether oxygens (including phenoxy) is 1. The maximum absolute atomic E-state index is 13.0. The number of halogens is 3. The molecule has 11 nitrogen and oxygen atoms in total. The number of nitrogen functional groups attached to an aromatic ring is 1. The van der Waals surface area contributed by atoms with E-state index in [1.54, 1.807) is 30.2 Å². The topological polar surface area (TPSA) is 165 Å². The predicted molar refractivity (Wildman–Crippen MR) is 140 cm³/mol. The van der Waals surface area contributed by atoms with Crippen molar-refractivity contribution in [1.82, 2.24) is 19.6 Å². The zero-order chi connectivity index (χ0) is 29.2. The minimum Gasteiger partial charge on any atom is -0.497 e. The fourth-order valence-electron chi connectivity index (χ4n) is 3.95. The molecule has 1 amide bonds. The molecule has 212 valence electrons. The van der Waals surface area contributed by atoms with E-state index in [-0.39, 0.29) is 10.8 Å². The van der Waals surface area contributed by atoms with Crippen molar-refractivity contribution in [3.63, 3.8) is 0 Å². The minimum atomic E-state index is -5.08. The number of alkyl halides is 3. The van der Waals surface area contributed by atoms with E-state index in [2.05, 4.69) is 14.7 Å². The lowest BCUT2D eigenvalue weighted by Gasteiger charge is -2.16. The summed E-state index contributed by atoms with van der Waals surface area (Å²) in [5.74, 6) is -1.97. The molecule has 0 bridgehead atoms. The number of carbonyl (C=O) groups is 2. The van der Waals surface area contributed by atoms with Crippen LogP contribution in [0.15, 0.2) is 53.7 Å². The zero-order valence-corrected chi connectivity index (χ0v) is 22.3. The van der Waals surface area contributed by atoms with E-state index in [1.807, 2.05) is 18.2 Å². The van der Waals surface area contributed by atoms with E-state index >= 15 is 0 Å². The fraction of sp³-hybridized carbons (Fsp3) is 0.250. The lowest BCUT2D eigenvalue weighted by Crippen LogP contribution is -2.41. The van der Waals surface area contributed by atoms with Crippen molar-refractivity contribution < 1.29 is 41.0 Å². The summed E-state index contributed by atoms with van der Waals surface area (Å²) < 4.78 is 65.6.